The van der Waals surface area contributed by atoms with Gasteiger partial charge in [-0.05, 0) is 27.7 Å². The minimum absolute atomic E-state index is 0.347. The standard InChI is InChI=1S/C13H21BO5/c1-11(2)12(3,4)19-14(18-11)10-7-13(9-15-8-10)16-5-6-17-13/h8H,5-7,9H2,1-4H3. The fourth-order valence-electron chi connectivity index (χ4n) is 2.50. The number of rotatable bonds is 1. The van der Waals surface area contributed by atoms with Crippen molar-refractivity contribution in [3.05, 3.63) is 11.7 Å². The molecule has 2 fully saturated rings. The fourth-order valence-corrected chi connectivity index (χ4v) is 2.50. The van der Waals surface area contributed by atoms with Gasteiger partial charge in [-0.3, -0.25) is 0 Å². The van der Waals surface area contributed by atoms with Gasteiger partial charge < -0.3 is 23.5 Å². The average molecular weight is 268 g/mol. The molecular formula is C13H21BO5. The molecule has 0 bridgehead atoms. The molecule has 0 unspecified atom stereocenters. The van der Waals surface area contributed by atoms with Gasteiger partial charge in [-0.25, -0.2) is 0 Å². The lowest BCUT2D eigenvalue weighted by molar-refractivity contribution is -0.188. The van der Waals surface area contributed by atoms with E-state index in [9.17, 15) is 0 Å². The zero-order valence-electron chi connectivity index (χ0n) is 12.0. The summed E-state index contributed by atoms with van der Waals surface area (Å²) in [4.78, 5) is 0. The molecule has 0 amide bonds. The van der Waals surface area contributed by atoms with Crippen LogP contribution in [0.3, 0.4) is 0 Å². The van der Waals surface area contributed by atoms with Gasteiger partial charge in [0.15, 0.2) is 0 Å². The Morgan fingerprint density at radius 1 is 1.00 bits per heavy atom. The van der Waals surface area contributed by atoms with E-state index in [-0.39, 0.29) is 11.2 Å². The molecule has 3 heterocycles. The maximum atomic E-state index is 6.02. The molecule has 0 aromatic heterocycles. The van der Waals surface area contributed by atoms with Gasteiger partial charge in [-0.15, -0.1) is 0 Å². The Kier molecular flexibility index (Phi) is 2.98. The monoisotopic (exact) mass is 268 g/mol. The molecule has 0 atom stereocenters. The van der Waals surface area contributed by atoms with E-state index in [0.29, 0.717) is 26.2 Å². The van der Waals surface area contributed by atoms with Crippen LogP contribution in [-0.4, -0.2) is 43.9 Å². The van der Waals surface area contributed by atoms with E-state index in [1.807, 2.05) is 27.7 Å². The van der Waals surface area contributed by atoms with Crippen LogP contribution in [0, 0.1) is 0 Å². The molecule has 2 saturated heterocycles. The summed E-state index contributed by atoms with van der Waals surface area (Å²) in [6.45, 7) is 9.80. The first kappa shape index (κ1) is 13.4. The van der Waals surface area contributed by atoms with E-state index in [2.05, 4.69) is 0 Å². The van der Waals surface area contributed by atoms with Crippen molar-refractivity contribution in [2.24, 2.45) is 0 Å². The minimum Gasteiger partial charge on any atom is -0.496 e. The molecular weight excluding hydrogens is 247 g/mol. The summed E-state index contributed by atoms with van der Waals surface area (Å²) in [5.41, 5.74) is 0.243. The highest BCUT2D eigenvalue weighted by Crippen LogP contribution is 2.41. The maximum Gasteiger partial charge on any atom is 0.493 e. The predicted octanol–water partition coefficient (Wildman–Crippen LogP) is 1.67. The van der Waals surface area contributed by atoms with Gasteiger partial charge in [0.05, 0.1) is 30.7 Å². The lowest BCUT2D eigenvalue weighted by atomic mass is 9.74. The summed E-state index contributed by atoms with van der Waals surface area (Å²) in [6.07, 6.45) is 2.35. The smallest absolute Gasteiger partial charge is 0.493 e. The third-order valence-electron chi connectivity index (χ3n) is 4.38. The summed E-state index contributed by atoms with van der Waals surface area (Å²) in [6, 6.07) is 0. The van der Waals surface area contributed by atoms with Crippen LogP contribution in [-0.2, 0) is 23.5 Å². The Morgan fingerprint density at radius 3 is 2.16 bits per heavy atom. The highest BCUT2D eigenvalue weighted by Gasteiger charge is 2.54. The Bertz CT molecular complexity index is 382. The average Bonchev–Trinajstić information content (AvgIpc) is 2.83. The van der Waals surface area contributed by atoms with Crippen LogP contribution in [0.5, 0.6) is 0 Å². The van der Waals surface area contributed by atoms with Gasteiger partial charge in [0, 0.05) is 11.9 Å². The van der Waals surface area contributed by atoms with E-state index in [1.165, 1.54) is 0 Å². The van der Waals surface area contributed by atoms with E-state index in [1.54, 1.807) is 6.26 Å². The topological polar surface area (TPSA) is 46.2 Å². The van der Waals surface area contributed by atoms with Crippen LogP contribution in [0.2, 0.25) is 0 Å². The quantitative estimate of drug-likeness (QED) is 0.677. The number of ether oxygens (including phenoxy) is 3. The molecule has 106 valence electrons. The van der Waals surface area contributed by atoms with Crippen molar-refractivity contribution < 1.29 is 23.5 Å². The van der Waals surface area contributed by atoms with Crippen molar-refractivity contribution in [3.8, 4) is 0 Å². The molecule has 0 radical (unpaired) electrons. The zero-order chi connectivity index (χ0) is 13.7. The van der Waals surface area contributed by atoms with Crippen LogP contribution in [0.4, 0.5) is 0 Å². The zero-order valence-corrected chi connectivity index (χ0v) is 12.0. The van der Waals surface area contributed by atoms with Crippen molar-refractivity contribution in [2.75, 3.05) is 19.8 Å². The van der Waals surface area contributed by atoms with E-state index in [4.69, 9.17) is 23.5 Å². The number of hydrogen-bond acceptors (Lipinski definition) is 5. The highest BCUT2D eigenvalue weighted by atomic mass is 16.8. The van der Waals surface area contributed by atoms with Crippen LogP contribution in [0.25, 0.3) is 0 Å². The summed E-state index contributed by atoms with van der Waals surface area (Å²) in [7, 11) is -0.394. The summed E-state index contributed by atoms with van der Waals surface area (Å²) >= 11 is 0. The summed E-state index contributed by atoms with van der Waals surface area (Å²) in [5.74, 6) is -0.645. The van der Waals surface area contributed by atoms with Crippen molar-refractivity contribution in [3.63, 3.8) is 0 Å². The molecule has 1 spiro atoms. The second kappa shape index (κ2) is 4.22. The summed E-state index contributed by atoms with van der Waals surface area (Å²) in [5, 5.41) is 0. The molecule has 0 N–H and O–H groups in total. The SMILES string of the molecule is CC1(C)OB(C2=COCC3(C2)OCCO3)OC1(C)C. The van der Waals surface area contributed by atoms with Crippen molar-refractivity contribution in [1.82, 2.24) is 0 Å². The Labute approximate surface area is 114 Å². The molecule has 3 rings (SSSR count). The van der Waals surface area contributed by atoms with E-state index >= 15 is 0 Å². The van der Waals surface area contributed by atoms with Crippen molar-refractivity contribution in [1.29, 1.82) is 0 Å². The van der Waals surface area contributed by atoms with Gasteiger partial charge in [0.25, 0.3) is 0 Å². The Hall–Kier alpha value is -0.555. The van der Waals surface area contributed by atoms with Crippen LogP contribution in [0.15, 0.2) is 11.7 Å². The first-order valence-electron chi connectivity index (χ1n) is 6.78. The first-order chi connectivity index (χ1) is 8.84. The molecule has 5 nitrogen and oxygen atoms in total. The molecule has 3 aliphatic heterocycles. The van der Waals surface area contributed by atoms with E-state index in [0.717, 1.165) is 5.47 Å². The maximum absolute atomic E-state index is 6.02. The molecule has 19 heavy (non-hydrogen) atoms. The molecule has 0 aromatic carbocycles. The summed E-state index contributed by atoms with van der Waals surface area (Å²) < 4.78 is 28.9. The van der Waals surface area contributed by atoms with Gasteiger partial charge in [0.2, 0.25) is 5.79 Å². The van der Waals surface area contributed by atoms with Gasteiger partial charge in [-0.2, -0.15) is 0 Å². The molecule has 0 aromatic rings. The third kappa shape index (κ3) is 2.20. The molecule has 6 heteroatoms. The minimum atomic E-state index is -0.645. The largest absolute Gasteiger partial charge is 0.496 e. The van der Waals surface area contributed by atoms with Crippen molar-refractivity contribution in [2.45, 2.75) is 51.1 Å². The van der Waals surface area contributed by atoms with Gasteiger partial charge in [-0.1, -0.05) is 0 Å². The third-order valence-corrected chi connectivity index (χ3v) is 4.38. The second-order valence-electron chi connectivity index (χ2n) is 6.38. The van der Waals surface area contributed by atoms with Crippen LogP contribution >= 0.6 is 0 Å². The van der Waals surface area contributed by atoms with Gasteiger partial charge >= 0.3 is 7.12 Å². The van der Waals surface area contributed by atoms with Gasteiger partial charge in [0.1, 0.15) is 6.61 Å². The normalized spacial score (nSPS) is 31.4. The highest BCUT2D eigenvalue weighted by molar-refractivity contribution is 6.54. The molecule has 3 aliphatic rings. The molecule has 0 saturated carbocycles. The molecule has 0 aliphatic carbocycles. The Morgan fingerprint density at radius 2 is 1.58 bits per heavy atom. The van der Waals surface area contributed by atoms with Crippen LogP contribution in [0.1, 0.15) is 34.1 Å². The first-order valence-corrected chi connectivity index (χ1v) is 6.78. The number of hydrogen-bond donors (Lipinski definition) is 0. The lowest BCUT2D eigenvalue weighted by Crippen LogP contribution is -2.41. The predicted molar refractivity (Wildman–Crippen MR) is 69.4 cm³/mol. The van der Waals surface area contributed by atoms with E-state index < -0.39 is 12.9 Å². The second-order valence-corrected chi connectivity index (χ2v) is 6.38. The lowest BCUT2D eigenvalue weighted by Gasteiger charge is -2.32. The Balaban J connectivity index is 1.75. The van der Waals surface area contributed by atoms with Crippen molar-refractivity contribution >= 4 is 7.12 Å². The van der Waals surface area contributed by atoms with Crippen LogP contribution < -0.4 is 0 Å². The fraction of sp³-hybridized carbons (Fsp3) is 0.846.